The third-order valence-corrected chi connectivity index (χ3v) is 3.84. The summed E-state index contributed by atoms with van der Waals surface area (Å²) in [5.74, 6) is 0.0549. The van der Waals surface area contributed by atoms with Crippen molar-refractivity contribution >= 4 is 5.78 Å². The Kier molecular flexibility index (Phi) is 3.63. The van der Waals surface area contributed by atoms with Crippen LogP contribution in [0.25, 0.3) is 5.69 Å². The van der Waals surface area contributed by atoms with Crippen molar-refractivity contribution in [1.82, 2.24) is 9.55 Å². The van der Waals surface area contributed by atoms with Crippen LogP contribution in [0.1, 0.15) is 32.6 Å². The summed E-state index contributed by atoms with van der Waals surface area (Å²) in [5.41, 5.74) is 5.54. The minimum absolute atomic E-state index is 0.0549. The third kappa shape index (κ3) is 2.46. The maximum absolute atomic E-state index is 13.1. The van der Waals surface area contributed by atoms with Crippen molar-refractivity contribution in [2.45, 2.75) is 20.8 Å². The van der Waals surface area contributed by atoms with Crippen LogP contribution in [0.4, 0.5) is 0 Å². The van der Waals surface area contributed by atoms with E-state index in [1.807, 2.05) is 55.8 Å². The molecular formula is C19H18N2O. The number of aromatic nitrogens is 2. The van der Waals surface area contributed by atoms with Gasteiger partial charge >= 0.3 is 0 Å². The van der Waals surface area contributed by atoms with Crippen molar-refractivity contribution in [3.63, 3.8) is 0 Å². The molecule has 110 valence electrons. The molecule has 0 saturated carbocycles. The molecule has 0 saturated heterocycles. The highest BCUT2D eigenvalue weighted by molar-refractivity contribution is 6.12. The first-order valence-corrected chi connectivity index (χ1v) is 7.28. The molecule has 0 radical (unpaired) electrons. The molecule has 0 unspecified atom stereocenters. The molecule has 0 N–H and O–H groups in total. The summed E-state index contributed by atoms with van der Waals surface area (Å²) in [7, 11) is 0. The van der Waals surface area contributed by atoms with Gasteiger partial charge in [-0.15, -0.1) is 0 Å². The number of rotatable bonds is 3. The van der Waals surface area contributed by atoms with Gasteiger partial charge in [0.2, 0.25) is 0 Å². The van der Waals surface area contributed by atoms with E-state index in [1.165, 1.54) is 5.56 Å². The van der Waals surface area contributed by atoms with E-state index in [4.69, 9.17) is 0 Å². The first-order chi connectivity index (χ1) is 10.6. The number of ketones is 1. The van der Waals surface area contributed by atoms with E-state index in [9.17, 15) is 4.79 Å². The van der Waals surface area contributed by atoms with Crippen LogP contribution in [0.3, 0.4) is 0 Å². The number of para-hydroxylation sites is 1. The lowest BCUT2D eigenvalue weighted by atomic mass is 9.92. The third-order valence-electron chi connectivity index (χ3n) is 3.84. The summed E-state index contributed by atoms with van der Waals surface area (Å²) in [5, 5.41) is 0. The van der Waals surface area contributed by atoms with Gasteiger partial charge in [0.25, 0.3) is 0 Å². The summed E-state index contributed by atoms with van der Waals surface area (Å²) >= 11 is 0. The van der Waals surface area contributed by atoms with Gasteiger partial charge in [-0.1, -0.05) is 29.8 Å². The Morgan fingerprint density at radius 2 is 1.73 bits per heavy atom. The lowest BCUT2D eigenvalue weighted by Gasteiger charge is -2.13. The Bertz CT molecular complexity index is 809. The van der Waals surface area contributed by atoms with Gasteiger partial charge in [0.15, 0.2) is 5.78 Å². The molecule has 0 atom stereocenters. The van der Waals surface area contributed by atoms with Crippen molar-refractivity contribution in [3.8, 4) is 5.69 Å². The highest BCUT2D eigenvalue weighted by atomic mass is 16.1. The predicted molar refractivity (Wildman–Crippen MR) is 87.6 cm³/mol. The minimum Gasteiger partial charge on any atom is -0.306 e. The van der Waals surface area contributed by atoms with E-state index in [1.54, 1.807) is 12.5 Å². The largest absolute Gasteiger partial charge is 0.306 e. The number of carbonyl (C=O) groups is 1. The number of hydrogen-bond acceptors (Lipinski definition) is 2. The second-order valence-electron chi connectivity index (χ2n) is 5.59. The number of benzene rings is 2. The van der Waals surface area contributed by atoms with Gasteiger partial charge in [-0.25, -0.2) is 4.98 Å². The Morgan fingerprint density at radius 3 is 2.36 bits per heavy atom. The van der Waals surface area contributed by atoms with Gasteiger partial charge in [0, 0.05) is 23.5 Å². The summed E-state index contributed by atoms with van der Waals surface area (Å²) in [6, 6.07) is 11.7. The zero-order chi connectivity index (χ0) is 15.7. The summed E-state index contributed by atoms with van der Waals surface area (Å²) in [6.07, 6.45) is 5.27. The normalized spacial score (nSPS) is 10.7. The molecule has 0 aliphatic heterocycles. The summed E-state index contributed by atoms with van der Waals surface area (Å²) in [4.78, 5) is 17.2. The molecule has 3 heteroatoms. The average Bonchev–Trinajstić information content (AvgIpc) is 3.00. The fourth-order valence-electron chi connectivity index (χ4n) is 2.97. The standard InChI is InChI=1S/C19H18N2O/c1-13-10-14(2)18(15(3)11-13)19(22)16-6-4-5-7-17(16)21-9-8-20-12-21/h4-12H,1-3H3. The van der Waals surface area contributed by atoms with Crippen LogP contribution < -0.4 is 0 Å². The first-order valence-electron chi connectivity index (χ1n) is 7.28. The van der Waals surface area contributed by atoms with Crippen LogP contribution in [0, 0.1) is 20.8 Å². The molecule has 3 nitrogen and oxygen atoms in total. The number of imidazole rings is 1. The Hall–Kier alpha value is -2.68. The van der Waals surface area contributed by atoms with Gasteiger partial charge in [-0.2, -0.15) is 0 Å². The van der Waals surface area contributed by atoms with Crippen molar-refractivity contribution < 1.29 is 4.79 Å². The minimum atomic E-state index is 0.0549. The highest BCUT2D eigenvalue weighted by Gasteiger charge is 2.18. The Balaban J connectivity index is 2.15. The number of aryl methyl sites for hydroxylation is 3. The lowest BCUT2D eigenvalue weighted by Crippen LogP contribution is -2.10. The number of carbonyl (C=O) groups excluding carboxylic acids is 1. The van der Waals surface area contributed by atoms with Crippen LogP contribution in [-0.4, -0.2) is 15.3 Å². The molecule has 22 heavy (non-hydrogen) atoms. The SMILES string of the molecule is Cc1cc(C)c(C(=O)c2ccccc2-n2ccnc2)c(C)c1. The fourth-order valence-corrected chi connectivity index (χ4v) is 2.97. The van der Waals surface area contributed by atoms with Crippen molar-refractivity contribution in [2.24, 2.45) is 0 Å². The van der Waals surface area contributed by atoms with E-state index < -0.39 is 0 Å². The molecule has 3 rings (SSSR count). The molecular weight excluding hydrogens is 272 g/mol. The van der Waals surface area contributed by atoms with Gasteiger partial charge in [0.05, 0.1) is 12.0 Å². The van der Waals surface area contributed by atoms with Crippen molar-refractivity contribution in [1.29, 1.82) is 0 Å². The molecule has 3 aromatic rings. The van der Waals surface area contributed by atoms with Crippen LogP contribution in [0.15, 0.2) is 55.1 Å². The molecule has 0 aliphatic rings. The number of nitrogens with zero attached hydrogens (tertiary/aromatic N) is 2. The highest BCUT2D eigenvalue weighted by Crippen LogP contribution is 2.23. The molecule has 1 aromatic heterocycles. The second kappa shape index (κ2) is 5.60. The van der Waals surface area contributed by atoms with E-state index in [-0.39, 0.29) is 5.78 Å². The average molecular weight is 290 g/mol. The molecule has 0 amide bonds. The Labute approximate surface area is 130 Å². The van der Waals surface area contributed by atoms with E-state index in [0.717, 1.165) is 22.4 Å². The van der Waals surface area contributed by atoms with Crippen LogP contribution in [-0.2, 0) is 0 Å². The number of hydrogen-bond donors (Lipinski definition) is 0. The quantitative estimate of drug-likeness (QED) is 0.683. The summed E-state index contributed by atoms with van der Waals surface area (Å²) in [6.45, 7) is 6.04. The van der Waals surface area contributed by atoms with E-state index in [2.05, 4.69) is 17.1 Å². The Morgan fingerprint density at radius 1 is 1.05 bits per heavy atom. The molecule has 2 aromatic carbocycles. The molecule has 0 spiro atoms. The molecule has 0 fully saturated rings. The zero-order valence-electron chi connectivity index (χ0n) is 13.0. The first kappa shape index (κ1) is 14.3. The maximum Gasteiger partial charge on any atom is 0.195 e. The predicted octanol–water partition coefficient (Wildman–Crippen LogP) is 4.03. The second-order valence-corrected chi connectivity index (χ2v) is 5.59. The van der Waals surface area contributed by atoms with Crippen LogP contribution >= 0.6 is 0 Å². The topological polar surface area (TPSA) is 34.9 Å². The van der Waals surface area contributed by atoms with E-state index >= 15 is 0 Å². The van der Waals surface area contributed by atoms with Crippen LogP contribution in [0.5, 0.6) is 0 Å². The monoisotopic (exact) mass is 290 g/mol. The molecule has 0 bridgehead atoms. The zero-order valence-corrected chi connectivity index (χ0v) is 13.0. The molecule has 0 aliphatic carbocycles. The van der Waals surface area contributed by atoms with Crippen molar-refractivity contribution in [2.75, 3.05) is 0 Å². The maximum atomic E-state index is 13.1. The van der Waals surface area contributed by atoms with Gasteiger partial charge in [0.1, 0.15) is 0 Å². The summed E-state index contributed by atoms with van der Waals surface area (Å²) < 4.78 is 1.87. The van der Waals surface area contributed by atoms with Crippen molar-refractivity contribution in [3.05, 3.63) is 82.9 Å². The van der Waals surface area contributed by atoms with Gasteiger partial charge in [-0.05, 0) is 44.0 Å². The van der Waals surface area contributed by atoms with Gasteiger partial charge in [-0.3, -0.25) is 4.79 Å². The molecule has 1 heterocycles. The fraction of sp³-hybridized carbons (Fsp3) is 0.158. The smallest absolute Gasteiger partial charge is 0.195 e. The van der Waals surface area contributed by atoms with Gasteiger partial charge < -0.3 is 4.57 Å². The van der Waals surface area contributed by atoms with E-state index in [0.29, 0.717) is 5.56 Å². The lowest BCUT2D eigenvalue weighted by molar-refractivity contribution is 0.103. The van der Waals surface area contributed by atoms with Crippen LogP contribution in [0.2, 0.25) is 0 Å².